The first kappa shape index (κ1) is 17.5. The van der Waals surface area contributed by atoms with Crippen LogP contribution in [-0.4, -0.2) is 20.1 Å². The molecule has 24 heavy (non-hydrogen) atoms. The highest BCUT2D eigenvalue weighted by Gasteiger charge is 2.08. The number of carbonyl (C=O) groups is 1. The minimum atomic E-state index is -0.299. The van der Waals surface area contributed by atoms with E-state index in [9.17, 15) is 9.18 Å². The molecule has 0 radical (unpaired) electrons. The van der Waals surface area contributed by atoms with Crippen molar-refractivity contribution in [2.75, 3.05) is 14.2 Å². The van der Waals surface area contributed by atoms with Crippen LogP contribution in [0.5, 0.6) is 11.5 Å². The molecular weight excluding hydrogens is 309 g/mol. The predicted octanol–water partition coefficient (Wildman–Crippen LogP) is 3.56. The molecule has 0 aliphatic rings. The van der Waals surface area contributed by atoms with Gasteiger partial charge in [0.05, 0.1) is 14.2 Å². The largest absolute Gasteiger partial charge is 0.497 e. The minimum absolute atomic E-state index is 0.227. The van der Waals surface area contributed by atoms with Crippen molar-refractivity contribution in [2.45, 2.75) is 13.5 Å². The Morgan fingerprint density at radius 2 is 1.83 bits per heavy atom. The van der Waals surface area contributed by atoms with Gasteiger partial charge in [0, 0.05) is 24.3 Å². The van der Waals surface area contributed by atoms with Crippen molar-refractivity contribution in [3.05, 3.63) is 65.5 Å². The summed E-state index contributed by atoms with van der Waals surface area (Å²) in [4.78, 5) is 12.1. The van der Waals surface area contributed by atoms with Gasteiger partial charge >= 0.3 is 0 Å². The number of halogens is 1. The van der Waals surface area contributed by atoms with Gasteiger partial charge in [-0.3, -0.25) is 4.79 Å². The summed E-state index contributed by atoms with van der Waals surface area (Å²) in [6.07, 6.45) is 1.51. The number of hydrogen-bond acceptors (Lipinski definition) is 3. The van der Waals surface area contributed by atoms with Crippen LogP contribution in [0.4, 0.5) is 4.39 Å². The van der Waals surface area contributed by atoms with Crippen molar-refractivity contribution < 1.29 is 18.7 Å². The van der Waals surface area contributed by atoms with Crippen molar-refractivity contribution in [2.24, 2.45) is 0 Å². The van der Waals surface area contributed by atoms with Gasteiger partial charge in [-0.05, 0) is 42.3 Å². The van der Waals surface area contributed by atoms with E-state index in [1.165, 1.54) is 18.2 Å². The summed E-state index contributed by atoms with van der Waals surface area (Å²) in [7, 11) is 3.15. The van der Waals surface area contributed by atoms with Gasteiger partial charge in [0.2, 0.25) is 5.91 Å². The number of hydrogen-bond donors (Lipinski definition) is 1. The monoisotopic (exact) mass is 329 g/mol. The highest BCUT2D eigenvalue weighted by molar-refractivity contribution is 5.95. The lowest BCUT2D eigenvalue weighted by Crippen LogP contribution is -2.20. The number of carbonyl (C=O) groups excluding carboxylic acids is 1. The maximum Gasteiger partial charge on any atom is 0.244 e. The number of benzene rings is 2. The Hall–Kier alpha value is -2.82. The molecule has 5 heteroatoms. The van der Waals surface area contributed by atoms with Crippen molar-refractivity contribution in [3.63, 3.8) is 0 Å². The third kappa shape index (κ3) is 4.59. The molecule has 2 aromatic rings. The second kappa shape index (κ2) is 8.15. The average Bonchev–Trinajstić information content (AvgIpc) is 2.60. The highest BCUT2D eigenvalue weighted by atomic mass is 19.1. The molecule has 1 N–H and O–H groups in total. The average molecular weight is 329 g/mol. The Bertz CT molecular complexity index is 739. The van der Waals surface area contributed by atoms with E-state index >= 15 is 0 Å². The quantitative estimate of drug-likeness (QED) is 0.824. The Kier molecular flexibility index (Phi) is 5.95. The van der Waals surface area contributed by atoms with Crippen molar-refractivity contribution in [3.8, 4) is 11.5 Å². The van der Waals surface area contributed by atoms with Crippen LogP contribution < -0.4 is 14.8 Å². The van der Waals surface area contributed by atoms with Crippen LogP contribution in [0, 0.1) is 5.82 Å². The second-order valence-electron chi connectivity index (χ2n) is 5.24. The van der Waals surface area contributed by atoms with E-state index in [2.05, 4.69) is 5.32 Å². The van der Waals surface area contributed by atoms with E-state index in [0.29, 0.717) is 18.0 Å². The van der Waals surface area contributed by atoms with Gasteiger partial charge in [-0.25, -0.2) is 4.39 Å². The van der Waals surface area contributed by atoms with Crippen LogP contribution in [0.25, 0.3) is 5.57 Å². The molecule has 0 atom stereocenters. The van der Waals surface area contributed by atoms with Crippen LogP contribution in [-0.2, 0) is 11.3 Å². The van der Waals surface area contributed by atoms with Crippen molar-refractivity contribution >= 4 is 11.5 Å². The van der Waals surface area contributed by atoms with Crippen LogP contribution in [0.3, 0.4) is 0 Å². The fourth-order valence-corrected chi connectivity index (χ4v) is 2.24. The summed E-state index contributed by atoms with van der Waals surface area (Å²) in [6.45, 7) is 2.17. The van der Waals surface area contributed by atoms with Crippen molar-refractivity contribution in [1.29, 1.82) is 0 Å². The van der Waals surface area contributed by atoms with Crippen molar-refractivity contribution in [1.82, 2.24) is 5.32 Å². The Balaban J connectivity index is 2.06. The molecule has 0 fully saturated rings. The maximum absolute atomic E-state index is 12.9. The van der Waals surface area contributed by atoms with E-state index in [4.69, 9.17) is 9.47 Å². The van der Waals surface area contributed by atoms with Crippen LogP contribution in [0.15, 0.2) is 48.5 Å². The molecule has 126 valence electrons. The molecule has 0 bridgehead atoms. The number of rotatable bonds is 6. The predicted molar refractivity (Wildman–Crippen MR) is 91.4 cm³/mol. The van der Waals surface area contributed by atoms with Gasteiger partial charge in [0.15, 0.2) is 0 Å². The summed E-state index contributed by atoms with van der Waals surface area (Å²) in [5.74, 6) is 0.792. The molecule has 0 saturated carbocycles. The molecule has 0 spiro atoms. The van der Waals surface area contributed by atoms with Gasteiger partial charge in [-0.15, -0.1) is 0 Å². The first-order valence-electron chi connectivity index (χ1n) is 7.46. The van der Waals surface area contributed by atoms with E-state index in [1.807, 2.05) is 19.1 Å². The highest BCUT2D eigenvalue weighted by Crippen LogP contribution is 2.29. The molecule has 0 aliphatic carbocycles. The Morgan fingerprint density at radius 3 is 2.46 bits per heavy atom. The lowest BCUT2D eigenvalue weighted by Gasteiger charge is -2.11. The van der Waals surface area contributed by atoms with Crippen LogP contribution in [0.1, 0.15) is 18.1 Å². The smallest absolute Gasteiger partial charge is 0.244 e. The minimum Gasteiger partial charge on any atom is -0.497 e. The number of allylic oxidation sites excluding steroid dienone is 1. The van der Waals surface area contributed by atoms with E-state index in [-0.39, 0.29) is 11.7 Å². The summed E-state index contributed by atoms with van der Waals surface area (Å²) < 4.78 is 23.4. The Morgan fingerprint density at radius 1 is 1.12 bits per heavy atom. The molecule has 0 saturated heterocycles. The Labute approximate surface area is 140 Å². The molecule has 0 aliphatic heterocycles. The fraction of sp³-hybridized carbons (Fsp3) is 0.211. The van der Waals surface area contributed by atoms with Gasteiger partial charge in [0.25, 0.3) is 0 Å². The lowest BCUT2D eigenvalue weighted by atomic mass is 10.1. The molecule has 1 amide bonds. The zero-order valence-electron chi connectivity index (χ0n) is 13.9. The molecule has 4 nitrogen and oxygen atoms in total. The van der Waals surface area contributed by atoms with Gasteiger partial charge in [-0.2, -0.15) is 0 Å². The van der Waals surface area contributed by atoms with E-state index in [0.717, 1.165) is 16.7 Å². The summed E-state index contributed by atoms with van der Waals surface area (Å²) in [6, 6.07) is 11.4. The summed E-state index contributed by atoms with van der Waals surface area (Å²) in [5, 5.41) is 2.78. The SMILES string of the molecule is COc1ccc(/C(C)=C/C(=O)NCc2ccc(F)cc2)c(OC)c1. The normalized spacial score (nSPS) is 11.1. The van der Waals surface area contributed by atoms with Crippen LogP contribution in [0.2, 0.25) is 0 Å². The third-order valence-corrected chi connectivity index (χ3v) is 3.56. The number of methoxy groups -OCH3 is 2. The van der Waals surface area contributed by atoms with Gasteiger partial charge < -0.3 is 14.8 Å². The molecule has 0 heterocycles. The summed E-state index contributed by atoms with van der Waals surface area (Å²) in [5.41, 5.74) is 2.42. The topological polar surface area (TPSA) is 47.6 Å². The summed E-state index contributed by atoms with van der Waals surface area (Å²) >= 11 is 0. The first-order valence-corrected chi connectivity index (χ1v) is 7.46. The first-order chi connectivity index (χ1) is 11.5. The van der Waals surface area contributed by atoms with E-state index in [1.54, 1.807) is 32.4 Å². The van der Waals surface area contributed by atoms with Gasteiger partial charge in [-0.1, -0.05) is 12.1 Å². The lowest BCUT2D eigenvalue weighted by molar-refractivity contribution is -0.116. The zero-order valence-corrected chi connectivity index (χ0v) is 13.9. The zero-order chi connectivity index (χ0) is 17.5. The molecule has 0 unspecified atom stereocenters. The fourth-order valence-electron chi connectivity index (χ4n) is 2.24. The number of nitrogens with one attached hydrogen (secondary N) is 1. The van der Waals surface area contributed by atoms with Crippen LogP contribution >= 0.6 is 0 Å². The third-order valence-electron chi connectivity index (χ3n) is 3.56. The molecule has 2 rings (SSSR count). The number of ether oxygens (including phenoxy) is 2. The molecule has 0 aromatic heterocycles. The standard InChI is InChI=1S/C19H20FNO3/c1-13(17-9-8-16(23-2)11-18(17)24-3)10-19(22)21-12-14-4-6-15(20)7-5-14/h4-11H,12H2,1-3H3,(H,21,22)/b13-10+. The molecular formula is C19H20FNO3. The molecule has 2 aromatic carbocycles. The van der Waals surface area contributed by atoms with E-state index < -0.39 is 0 Å². The maximum atomic E-state index is 12.9. The second-order valence-corrected chi connectivity index (χ2v) is 5.24. The number of amides is 1. The van der Waals surface area contributed by atoms with Gasteiger partial charge in [0.1, 0.15) is 17.3 Å².